The van der Waals surface area contributed by atoms with Crippen molar-refractivity contribution in [2.45, 2.75) is 33.6 Å². The Hall–Kier alpha value is -3.03. The number of benzene rings is 1. The maximum atomic E-state index is 12.6. The third-order valence-electron chi connectivity index (χ3n) is 3.84. The number of rotatable bonds is 6. The van der Waals surface area contributed by atoms with Crippen LogP contribution in [0.3, 0.4) is 0 Å². The van der Waals surface area contributed by atoms with Gasteiger partial charge < -0.3 is 9.72 Å². The minimum Gasteiger partial charge on any atom is -0.493 e. The maximum Gasteiger partial charge on any atom is 0.277 e. The molecule has 0 radical (unpaired) electrons. The molecule has 0 saturated heterocycles. The summed E-state index contributed by atoms with van der Waals surface area (Å²) in [7, 11) is 0. The predicted molar refractivity (Wildman–Crippen MR) is 94.4 cm³/mol. The summed E-state index contributed by atoms with van der Waals surface area (Å²) in [6.07, 6.45) is 1.59. The molecule has 25 heavy (non-hydrogen) atoms. The molecule has 2 aromatic heterocycles. The topological polar surface area (TPSA) is 102 Å². The van der Waals surface area contributed by atoms with Crippen molar-refractivity contribution >= 4 is 11.2 Å². The van der Waals surface area contributed by atoms with Crippen LogP contribution < -0.4 is 10.3 Å². The Kier molecular flexibility index (Phi) is 4.60. The van der Waals surface area contributed by atoms with Crippen LogP contribution in [0.15, 0.2) is 28.2 Å². The van der Waals surface area contributed by atoms with Crippen LogP contribution in [0.2, 0.25) is 0 Å². The van der Waals surface area contributed by atoms with Gasteiger partial charge in [-0.25, -0.2) is 9.50 Å². The lowest BCUT2D eigenvalue weighted by molar-refractivity contribution is 0.341. The lowest BCUT2D eigenvalue weighted by Gasteiger charge is -2.10. The molecule has 130 valence electrons. The molecule has 1 N–H and O–H groups in total. The molecule has 0 atom stereocenters. The predicted octanol–water partition coefficient (Wildman–Crippen LogP) is 3.14. The van der Waals surface area contributed by atoms with Crippen LogP contribution in [0, 0.1) is 11.8 Å². The van der Waals surface area contributed by atoms with Gasteiger partial charge in [-0.05, 0) is 43.6 Å². The number of ether oxygens (including phenoxy) is 1. The molecule has 0 saturated carbocycles. The van der Waals surface area contributed by atoms with Crippen LogP contribution in [0.5, 0.6) is 5.75 Å². The molecule has 0 fully saturated rings. The Balaban J connectivity index is 2.27. The van der Waals surface area contributed by atoms with Crippen LogP contribution in [-0.2, 0) is 6.42 Å². The highest BCUT2D eigenvalue weighted by molar-refractivity contribution is 5.69. The molecule has 0 aliphatic heterocycles. The minimum absolute atomic E-state index is 0.233. The van der Waals surface area contributed by atoms with E-state index in [0.29, 0.717) is 41.4 Å². The van der Waals surface area contributed by atoms with E-state index in [1.165, 1.54) is 0 Å². The van der Waals surface area contributed by atoms with Crippen molar-refractivity contribution in [1.82, 2.24) is 19.6 Å². The standard InChI is InChI=1S/C17H19N5O3/c1-4-6-14-18-10(3)15-17(23)19-16(20-22(14)15)12-9-11(21-24)7-8-13(12)25-5-2/h7-9H,4-6H2,1-3H3,(H,19,20,23). The number of aromatic amines is 1. The lowest BCUT2D eigenvalue weighted by atomic mass is 10.1. The van der Waals surface area contributed by atoms with Gasteiger partial charge in [0.2, 0.25) is 0 Å². The number of fused-ring (bicyclic) bond motifs is 1. The van der Waals surface area contributed by atoms with Gasteiger partial charge in [-0.2, -0.15) is 0 Å². The van der Waals surface area contributed by atoms with Gasteiger partial charge in [-0.1, -0.05) is 6.92 Å². The van der Waals surface area contributed by atoms with E-state index >= 15 is 0 Å². The maximum absolute atomic E-state index is 12.6. The van der Waals surface area contributed by atoms with Gasteiger partial charge in [0.15, 0.2) is 11.3 Å². The van der Waals surface area contributed by atoms with Crippen LogP contribution in [-0.4, -0.2) is 26.2 Å². The van der Waals surface area contributed by atoms with Gasteiger partial charge in [0.25, 0.3) is 5.56 Å². The molecule has 1 aromatic carbocycles. The van der Waals surface area contributed by atoms with Gasteiger partial charge in [-0.3, -0.25) is 4.79 Å². The normalized spacial score (nSPS) is 11.0. The zero-order valence-corrected chi connectivity index (χ0v) is 14.4. The Labute approximate surface area is 143 Å². The minimum atomic E-state index is -0.288. The van der Waals surface area contributed by atoms with Crippen LogP contribution in [0.4, 0.5) is 5.69 Å². The molecular formula is C17H19N5O3. The second-order valence-corrected chi connectivity index (χ2v) is 5.63. The summed E-state index contributed by atoms with van der Waals surface area (Å²) < 4.78 is 7.17. The van der Waals surface area contributed by atoms with E-state index in [9.17, 15) is 9.70 Å². The monoisotopic (exact) mass is 341 g/mol. The molecule has 0 bridgehead atoms. The van der Waals surface area contributed by atoms with Crippen LogP contribution in [0.25, 0.3) is 16.9 Å². The van der Waals surface area contributed by atoms with Crippen molar-refractivity contribution < 1.29 is 4.74 Å². The zero-order chi connectivity index (χ0) is 18.0. The summed E-state index contributed by atoms with van der Waals surface area (Å²) in [5.41, 5.74) is 1.51. The molecule has 0 aliphatic carbocycles. The SMILES string of the molecule is CCCc1nc(C)c2c(=O)[nH]c(-c3cc(N=O)ccc3OCC)nn12. The molecule has 0 aliphatic rings. The second-order valence-electron chi connectivity index (χ2n) is 5.63. The van der Waals surface area contributed by atoms with Gasteiger partial charge in [-0.15, -0.1) is 10.0 Å². The number of nitroso groups, excluding NO2 is 1. The third kappa shape index (κ3) is 3.02. The van der Waals surface area contributed by atoms with Crippen molar-refractivity contribution in [2.24, 2.45) is 5.18 Å². The number of hydrogen-bond acceptors (Lipinski definition) is 6. The summed E-state index contributed by atoms with van der Waals surface area (Å²) in [5, 5.41) is 7.49. The van der Waals surface area contributed by atoms with Gasteiger partial charge in [0.1, 0.15) is 17.3 Å². The number of aryl methyl sites for hydroxylation is 2. The molecule has 2 heterocycles. The Morgan fingerprint density at radius 3 is 2.80 bits per heavy atom. The van der Waals surface area contributed by atoms with Crippen molar-refractivity contribution in [3.63, 3.8) is 0 Å². The molecule has 0 spiro atoms. The fourth-order valence-electron chi connectivity index (χ4n) is 2.78. The number of nitrogens with zero attached hydrogens (tertiary/aromatic N) is 4. The zero-order valence-electron chi connectivity index (χ0n) is 14.4. The Bertz CT molecular complexity index is 990. The van der Waals surface area contributed by atoms with Crippen molar-refractivity contribution in [1.29, 1.82) is 0 Å². The van der Waals surface area contributed by atoms with Gasteiger partial charge >= 0.3 is 0 Å². The first kappa shape index (κ1) is 16.8. The van der Waals surface area contributed by atoms with Crippen molar-refractivity contribution in [3.05, 3.63) is 45.0 Å². The third-order valence-corrected chi connectivity index (χ3v) is 3.84. The smallest absolute Gasteiger partial charge is 0.277 e. The van der Waals surface area contributed by atoms with E-state index in [2.05, 4.69) is 20.2 Å². The highest BCUT2D eigenvalue weighted by atomic mass is 16.5. The summed E-state index contributed by atoms with van der Waals surface area (Å²) >= 11 is 0. The molecule has 3 aromatic rings. The molecule has 8 heteroatoms. The van der Waals surface area contributed by atoms with E-state index in [1.54, 1.807) is 29.6 Å². The van der Waals surface area contributed by atoms with E-state index in [0.717, 1.165) is 12.2 Å². The van der Waals surface area contributed by atoms with E-state index in [4.69, 9.17) is 4.74 Å². The molecule has 0 amide bonds. The summed E-state index contributed by atoms with van der Waals surface area (Å²) in [6, 6.07) is 4.75. The van der Waals surface area contributed by atoms with Crippen LogP contribution >= 0.6 is 0 Å². The van der Waals surface area contributed by atoms with Gasteiger partial charge in [0.05, 0.1) is 17.9 Å². The summed E-state index contributed by atoms with van der Waals surface area (Å²) in [4.78, 5) is 30.6. The number of aromatic nitrogens is 4. The number of imidazole rings is 1. The van der Waals surface area contributed by atoms with Crippen molar-refractivity contribution in [2.75, 3.05) is 6.61 Å². The summed E-state index contributed by atoms with van der Waals surface area (Å²) in [6.45, 7) is 6.12. The first-order chi connectivity index (χ1) is 12.1. The number of nitrogens with one attached hydrogen (secondary N) is 1. The average Bonchev–Trinajstić information content (AvgIpc) is 2.92. The molecule has 8 nitrogen and oxygen atoms in total. The highest BCUT2D eigenvalue weighted by Gasteiger charge is 2.17. The summed E-state index contributed by atoms with van der Waals surface area (Å²) in [5.74, 6) is 1.55. The Morgan fingerprint density at radius 1 is 1.32 bits per heavy atom. The van der Waals surface area contributed by atoms with E-state index < -0.39 is 0 Å². The largest absolute Gasteiger partial charge is 0.493 e. The second kappa shape index (κ2) is 6.84. The quantitative estimate of drug-likeness (QED) is 0.694. The van der Waals surface area contributed by atoms with E-state index in [1.807, 2.05) is 13.8 Å². The average molecular weight is 341 g/mol. The molecule has 3 rings (SSSR count). The molecular weight excluding hydrogens is 322 g/mol. The van der Waals surface area contributed by atoms with Crippen molar-refractivity contribution in [3.8, 4) is 17.1 Å². The first-order valence-corrected chi connectivity index (χ1v) is 8.18. The lowest BCUT2D eigenvalue weighted by Crippen LogP contribution is -2.15. The number of hydrogen-bond donors (Lipinski definition) is 1. The van der Waals surface area contributed by atoms with E-state index in [-0.39, 0.29) is 11.2 Å². The van der Waals surface area contributed by atoms with Crippen LogP contribution in [0.1, 0.15) is 31.8 Å². The van der Waals surface area contributed by atoms with Gasteiger partial charge in [0, 0.05) is 6.42 Å². The fourth-order valence-corrected chi connectivity index (χ4v) is 2.78. The first-order valence-electron chi connectivity index (χ1n) is 8.18. The highest BCUT2D eigenvalue weighted by Crippen LogP contribution is 2.31. The number of H-pyrrole nitrogens is 1. The molecule has 0 unspecified atom stereocenters. The Morgan fingerprint density at radius 2 is 2.12 bits per heavy atom. The fraction of sp³-hybridized carbons (Fsp3) is 0.353.